The van der Waals surface area contributed by atoms with Gasteiger partial charge in [-0.2, -0.15) is 0 Å². The Morgan fingerprint density at radius 3 is 2.15 bits per heavy atom. The lowest BCUT2D eigenvalue weighted by molar-refractivity contribution is 0.102. The summed E-state index contributed by atoms with van der Waals surface area (Å²) >= 11 is 5.87. The van der Waals surface area contributed by atoms with E-state index in [0.29, 0.717) is 16.4 Å². The van der Waals surface area contributed by atoms with Crippen molar-refractivity contribution in [3.63, 3.8) is 0 Å². The maximum atomic E-state index is 12.3. The van der Waals surface area contributed by atoms with Crippen molar-refractivity contribution in [1.82, 2.24) is 4.98 Å². The van der Waals surface area contributed by atoms with E-state index < -0.39 is 0 Å². The van der Waals surface area contributed by atoms with Crippen molar-refractivity contribution >= 4 is 40.4 Å². The average Bonchev–Trinajstić information content (AvgIpc) is 2.64. The van der Waals surface area contributed by atoms with Gasteiger partial charge in [0.15, 0.2) is 0 Å². The number of carbonyl (C=O) groups is 1. The molecule has 0 saturated heterocycles. The van der Waals surface area contributed by atoms with Crippen molar-refractivity contribution < 1.29 is 4.79 Å². The van der Waals surface area contributed by atoms with Crippen molar-refractivity contribution in [2.45, 2.75) is 0 Å². The molecule has 0 atom stereocenters. The third-order valence-corrected chi connectivity index (χ3v) is 4.04. The molecule has 6 heteroatoms. The predicted octanol–water partition coefficient (Wildman–Crippen LogP) is 4.80. The molecule has 1 amide bonds. The largest absolute Gasteiger partial charge is 0.378 e. The number of amides is 1. The van der Waals surface area contributed by atoms with E-state index >= 15 is 0 Å². The Morgan fingerprint density at radius 2 is 1.58 bits per heavy atom. The molecular formula is C20H19ClN4O. The van der Waals surface area contributed by atoms with Crippen LogP contribution in [0.4, 0.5) is 22.9 Å². The molecule has 0 saturated carbocycles. The molecule has 132 valence electrons. The van der Waals surface area contributed by atoms with E-state index in [4.69, 9.17) is 11.6 Å². The number of halogens is 1. The van der Waals surface area contributed by atoms with Gasteiger partial charge in [-0.05, 0) is 60.7 Å². The number of rotatable bonds is 5. The zero-order chi connectivity index (χ0) is 18.5. The maximum absolute atomic E-state index is 12.3. The highest BCUT2D eigenvalue weighted by Gasteiger charge is 2.07. The minimum Gasteiger partial charge on any atom is -0.378 e. The fourth-order valence-electron chi connectivity index (χ4n) is 2.33. The SMILES string of the molecule is CN(C)c1ccc(NC(=O)c2ccc(Nc3ccc(Cl)cc3)nc2)cc1. The van der Waals surface area contributed by atoms with E-state index in [1.165, 1.54) is 0 Å². The molecule has 2 N–H and O–H groups in total. The van der Waals surface area contributed by atoms with E-state index in [0.717, 1.165) is 17.1 Å². The van der Waals surface area contributed by atoms with Gasteiger partial charge in [0.1, 0.15) is 5.82 Å². The van der Waals surface area contributed by atoms with Gasteiger partial charge in [0.25, 0.3) is 5.91 Å². The standard InChI is InChI=1S/C20H19ClN4O/c1-25(2)18-10-8-17(9-11-18)24-20(26)14-3-12-19(22-13-14)23-16-6-4-15(21)5-7-16/h3-13H,1-2H3,(H,22,23)(H,24,26). The van der Waals surface area contributed by atoms with Gasteiger partial charge in [0, 0.05) is 42.4 Å². The first-order chi connectivity index (χ1) is 12.5. The Hall–Kier alpha value is -3.05. The molecule has 1 aromatic heterocycles. The zero-order valence-corrected chi connectivity index (χ0v) is 15.3. The topological polar surface area (TPSA) is 57.3 Å². The van der Waals surface area contributed by atoms with E-state index in [2.05, 4.69) is 15.6 Å². The van der Waals surface area contributed by atoms with Crippen LogP contribution < -0.4 is 15.5 Å². The molecule has 3 aromatic rings. The second-order valence-corrected chi connectivity index (χ2v) is 6.40. The second kappa shape index (κ2) is 7.89. The Kier molecular flexibility index (Phi) is 5.39. The average molecular weight is 367 g/mol. The van der Waals surface area contributed by atoms with Crippen molar-refractivity contribution in [3.8, 4) is 0 Å². The van der Waals surface area contributed by atoms with Gasteiger partial charge >= 0.3 is 0 Å². The molecule has 0 unspecified atom stereocenters. The van der Waals surface area contributed by atoms with Crippen molar-refractivity contribution in [2.75, 3.05) is 29.6 Å². The highest BCUT2D eigenvalue weighted by Crippen LogP contribution is 2.19. The van der Waals surface area contributed by atoms with Crippen LogP contribution in [0.25, 0.3) is 0 Å². The van der Waals surface area contributed by atoms with Crippen molar-refractivity contribution in [2.24, 2.45) is 0 Å². The van der Waals surface area contributed by atoms with E-state index in [1.807, 2.05) is 55.4 Å². The summed E-state index contributed by atoms with van der Waals surface area (Å²) in [5.41, 5.74) is 3.18. The molecule has 0 aliphatic rings. The van der Waals surface area contributed by atoms with Crippen LogP contribution in [0.3, 0.4) is 0 Å². The molecule has 3 rings (SSSR count). The molecule has 0 bridgehead atoms. The fraction of sp³-hybridized carbons (Fsp3) is 0.100. The number of benzene rings is 2. The molecule has 5 nitrogen and oxygen atoms in total. The van der Waals surface area contributed by atoms with E-state index in [1.54, 1.807) is 30.5 Å². The molecule has 26 heavy (non-hydrogen) atoms. The van der Waals surface area contributed by atoms with Crippen LogP contribution in [0.5, 0.6) is 0 Å². The Bertz CT molecular complexity index is 875. The smallest absolute Gasteiger partial charge is 0.257 e. The first-order valence-corrected chi connectivity index (χ1v) is 8.46. The van der Waals surface area contributed by atoms with Crippen LogP contribution in [0, 0.1) is 0 Å². The minimum atomic E-state index is -0.201. The number of hydrogen-bond acceptors (Lipinski definition) is 4. The highest BCUT2D eigenvalue weighted by atomic mass is 35.5. The summed E-state index contributed by atoms with van der Waals surface area (Å²) in [5, 5.41) is 6.70. The van der Waals surface area contributed by atoms with Crippen LogP contribution in [-0.4, -0.2) is 25.0 Å². The Labute approximate surface area is 157 Å². The number of pyridine rings is 1. The summed E-state index contributed by atoms with van der Waals surface area (Å²) in [7, 11) is 3.94. The van der Waals surface area contributed by atoms with Crippen molar-refractivity contribution in [3.05, 3.63) is 77.4 Å². The summed E-state index contributed by atoms with van der Waals surface area (Å²) in [6.45, 7) is 0. The molecule has 0 aliphatic carbocycles. The van der Waals surface area contributed by atoms with Crippen molar-refractivity contribution in [1.29, 1.82) is 0 Å². The first kappa shape index (κ1) is 17.8. The van der Waals surface area contributed by atoms with Crippen LogP contribution in [-0.2, 0) is 0 Å². The number of hydrogen-bond donors (Lipinski definition) is 2. The number of nitrogens with one attached hydrogen (secondary N) is 2. The van der Waals surface area contributed by atoms with Gasteiger partial charge in [0.2, 0.25) is 0 Å². The lowest BCUT2D eigenvalue weighted by Gasteiger charge is -2.13. The van der Waals surface area contributed by atoms with Crippen LogP contribution in [0.15, 0.2) is 66.9 Å². The highest BCUT2D eigenvalue weighted by molar-refractivity contribution is 6.30. The minimum absolute atomic E-state index is 0.201. The van der Waals surface area contributed by atoms with E-state index in [-0.39, 0.29) is 5.91 Å². The number of nitrogens with zero attached hydrogens (tertiary/aromatic N) is 2. The predicted molar refractivity (Wildman–Crippen MR) is 108 cm³/mol. The normalized spacial score (nSPS) is 10.3. The third kappa shape index (κ3) is 4.52. The molecular weight excluding hydrogens is 348 g/mol. The molecule has 0 fully saturated rings. The van der Waals surface area contributed by atoms with Crippen LogP contribution >= 0.6 is 11.6 Å². The number of aromatic nitrogens is 1. The van der Waals surface area contributed by atoms with Crippen LogP contribution in [0.1, 0.15) is 10.4 Å². The lowest BCUT2D eigenvalue weighted by Crippen LogP contribution is -2.13. The number of anilines is 4. The number of carbonyl (C=O) groups excluding carboxylic acids is 1. The van der Waals surface area contributed by atoms with Gasteiger partial charge < -0.3 is 15.5 Å². The lowest BCUT2D eigenvalue weighted by atomic mass is 10.2. The van der Waals surface area contributed by atoms with Gasteiger partial charge in [-0.25, -0.2) is 4.98 Å². The second-order valence-electron chi connectivity index (χ2n) is 5.96. The summed E-state index contributed by atoms with van der Waals surface area (Å²) in [6, 6.07) is 18.5. The van der Waals surface area contributed by atoms with E-state index in [9.17, 15) is 4.79 Å². The molecule has 0 spiro atoms. The third-order valence-electron chi connectivity index (χ3n) is 3.78. The summed E-state index contributed by atoms with van der Waals surface area (Å²) in [6.07, 6.45) is 1.54. The fourth-order valence-corrected chi connectivity index (χ4v) is 2.46. The Morgan fingerprint density at radius 1 is 0.923 bits per heavy atom. The maximum Gasteiger partial charge on any atom is 0.257 e. The molecule has 0 aliphatic heterocycles. The van der Waals surface area contributed by atoms with Crippen LogP contribution in [0.2, 0.25) is 5.02 Å². The summed E-state index contributed by atoms with van der Waals surface area (Å²) in [4.78, 5) is 18.6. The van der Waals surface area contributed by atoms with Gasteiger partial charge in [-0.3, -0.25) is 4.79 Å². The quantitative estimate of drug-likeness (QED) is 0.681. The molecule has 0 radical (unpaired) electrons. The summed E-state index contributed by atoms with van der Waals surface area (Å²) in [5.74, 6) is 0.451. The Balaban J connectivity index is 1.63. The molecule has 1 heterocycles. The van der Waals surface area contributed by atoms with Gasteiger partial charge in [0.05, 0.1) is 5.56 Å². The monoisotopic (exact) mass is 366 g/mol. The molecule has 2 aromatic carbocycles. The van der Waals surface area contributed by atoms with Gasteiger partial charge in [-0.1, -0.05) is 11.6 Å². The zero-order valence-electron chi connectivity index (χ0n) is 14.5. The van der Waals surface area contributed by atoms with Gasteiger partial charge in [-0.15, -0.1) is 0 Å². The first-order valence-electron chi connectivity index (χ1n) is 8.09. The summed E-state index contributed by atoms with van der Waals surface area (Å²) < 4.78 is 0.